The quantitative estimate of drug-likeness (QED) is 0.764. The van der Waals surface area contributed by atoms with E-state index in [0.29, 0.717) is 6.54 Å². The van der Waals surface area contributed by atoms with Crippen molar-refractivity contribution in [3.8, 4) is 0 Å². The normalized spacial score (nSPS) is 18.3. The summed E-state index contributed by atoms with van der Waals surface area (Å²) < 4.78 is 0. The topological polar surface area (TPSA) is 57.8 Å². The minimum absolute atomic E-state index is 0.0225. The number of nitrogens with zero attached hydrogens (tertiary/aromatic N) is 1. The molecule has 1 aliphatic heterocycles. The van der Waals surface area contributed by atoms with Gasteiger partial charge in [0.05, 0.1) is 16.7 Å². The second-order valence-corrected chi connectivity index (χ2v) is 6.91. The first-order valence-electron chi connectivity index (χ1n) is 8.59. The second-order valence-electron chi connectivity index (χ2n) is 6.91. The number of hydrogen-bond acceptors (Lipinski definition) is 3. The van der Waals surface area contributed by atoms with E-state index in [1.165, 1.54) is 16.3 Å². The van der Waals surface area contributed by atoms with E-state index in [2.05, 4.69) is 52.8 Å². The SMILES string of the molecule is O=c1[nH]c(C2(c3ccc4ccccc4c3)CC2)nc2c1CNCC2. The number of aromatic nitrogens is 2. The fourth-order valence-electron chi connectivity index (χ4n) is 3.85. The van der Waals surface area contributed by atoms with Gasteiger partial charge in [-0.25, -0.2) is 4.98 Å². The maximum atomic E-state index is 12.5. The lowest BCUT2D eigenvalue weighted by Gasteiger charge is -2.20. The first-order valence-corrected chi connectivity index (χ1v) is 8.59. The lowest BCUT2D eigenvalue weighted by molar-refractivity contribution is 0.604. The summed E-state index contributed by atoms with van der Waals surface area (Å²) in [5.74, 6) is 0.850. The highest BCUT2D eigenvalue weighted by Crippen LogP contribution is 2.52. The van der Waals surface area contributed by atoms with E-state index >= 15 is 0 Å². The zero-order valence-electron chi connectivity index (χ0n) is 13.4. The summed E-state index contributed by atoms with van der Waals surface area (Å²) in [7, 11) is 0. The van der Waals surface area contributed by atoms with Gasteiger partial charge in [0.1, 0.15) is 5.82 Å². The van der Waals surface area contributed by atoms with Crippen LogP contribution in [-0.2, 0) is 18.4 Å². The van der Waals surface area contributed by atoms with Crippen molar-refractivity contribution in [2.24, 2.45) is 0 Å². The molecular formula is C20H19N3O. The van der Waals surface area contributed by atoms with Crippen molar-refractivity contribution in [3.63, 3.8) is 0 Å². The van der Waals surface area contributed by atoms with Crippen LogP contribution in [0.2, 0.25) is 0 Å². The molecule has 0 atom stereocenters. The van der Waals surface area contributed by atoms with Crippen molar-refractivity contribution >= 4 is 10.8 Å². The standard InChI is InChI=1S/C20H19N3O/c24-18-16-12-21-10-7-17(16)22-19(23-18)20(8-9-20)15-6-5-13-3-1-2-4-14(13)11-15/h1-6,11,21H,7-10,12H2,(H,22,23,24). The summed E-state index contributed by atoms with van der Waals surface area (Å²) in [6.45, 7) is 1.52. The molecule has 0 unspecified atom stereocenters. The van der Waals surface area contributed by atoms with Crippen molar-refractivity contribution in [2.45, 2.75) is 31.2 Å². The first kappa shape index (κ1) is 13.9. The predicted molar refractivity (Wildman–Crippen MR) is 94.2 cm³/mol. The van der Waals surface area contributed by atoms with Crippen molar-refractivity contribution in [1.82, 2.24) is 15.3 Å². The van der Waals surface area contributed by atoms with E-state index in [1.807, 2.05) is 0 Å². The summed E-state index contributed by atoms with van der Waals surface area (Å²) in [4.78, 5) is 20.4. The van der Waals surface area contributed by atoms with Crippen LogP contribution in [0.15, 0.2) is 47.3 Å². The molecule has 0 saturated heterocycles. The van der Waals surface area contributed by atoms with E-state index in [0.717, 1.165) is 42.9 Å². The lowest BCUT2D eigenvalue weighted by Crippen LogP contribution is -2.33. The van der Waals surface area contributed by atoms with Gasteiger partial charge in [-0.1, -0.05) is 42.5 Å². The summed E-state index contributed by atoms with van der Waals surface area (Å²) in [5.41, 5.74) is 2.95. The zero-order chi connectivity index (χ0) is 16.1. The van der Waals surface area contributed by atoms with E-state index in [1.54, 1.807) is 0 Å². The van der Waals surface area contributed by atoms with Crippen molar-refractivity contribution in [2.75, 3.05) is 6.54 Å². The van der Waals surface area contributed by atoms with Crippen molar-refractivity contribution in [3.05, 3.63) is 75.5 Å². The smallest absolute Gasteiger partial charge is 0.255 e. The van der Waals surface area contributed by atoms with E-state index in [4.69, 9.17) is 4.98 Å². The number of nitrogens with one attached hydrogen (secondary N) is 2. The molecule has 2 aromatic carbocycles. The number of hydrogen-bond donors (Lipinski definition) is 2. The Labute approximate surface area is 139 Å². The number of benzene rings is 2. The molecule has 120 valence electrons. The van der Waals surface area contributed by atoms with Crippen LogP contribution in [0.1, 0.15) is 35.5 Å². The van der Waals surface area contributed by atoms with Crippen molar-refractivity contribution in [1.29, 1.82) is 0 Å². The van der Waals surface area contributed by atoms with Gasteiger partial charge in [-0.05, 0) is 29.2 Å². The van der Waals surface area contributed by atoms with E-state index in [9.17, 15) is 4.79 Å². The number of fused-ring (bicyclic) bond motifs is 2. The zero-order valence-corrected chi connectivity index (χ0v) is 13.4. The molecule has 0 amide bonds. The van der Waals surface area contributed by atoms with Gasteiger partial charge in [0.15, 0.2) is 0 Å². The molecule has 24 heavy (non-hydrogen) atoms. The summed E-state index contributed by atoms with van der Waals surface area (Å²) in [6, 6.07) is 15.0. The lowest BCUT2D eigenvalue weighted by atomic mass is 9.92. The first-order chi connectivity index (χ1) is 11.8. The van der Waals surface area contributed by atoms with Crippen LogP contribution in [-0.4, -0.2) is 16.5 Å². The van der Waals surface area contributed by atoms with Crippen LogP contribution < -0.4 is 10.9 Å². The Hall–Kier alpha value is -2.46. The maximum Gasteiger partial charge on any atom is 0.255 e. The van der Waals surface area contributed by atoms with Crippen molar-refractivity contribution < 1.29 is 0 Å². The number of H-pyrrole nitrogens is 1. The average molecular weight is 317 g/mol. The monoisotopic (exact) mass is 317 g/mol. The van der Waals surface area contributed by atoms with Gasteiger partial charge >= 0.3 is 0 Å². The molecule has 1 aliphatic carbocycles. The van der Waals surface area contributed by atoms with Gasteiger partial charge in [-0.2, -0.15) is 0 Å². The maximum absolute atomic E-state index is 12.5. The molecule has 1 aromatic heterocycles. The predicted octanol–water partition coefficient (Wildman–Crippen LogP) is 2.65. The van der Waals surface area contributed by atoms with Gasteiger partial charge < -0.3 is 10.3 Å². The third-order valence-electron chi connectivity index (χ3n) is 5.45. The molecule has 0 radical (unpaired) electrons. The third kappa shape index (κ3) is 2.03. The Kier molecular flexibility index (Phi) is 2.91. The molecule has 5 rings (SSSR count). The Bertz CT molecular complexity index is 1000. The highest BCUT2D eigenvalue weighted by molar-refractivity contribution is 5.83. The molecule has 1 saturated carbocycles. The minimum Gasteiger partial charge on any atom is -0.312 e. The summed E-state index contributed by atoms with van der Waals surface area (Å²) >= 11 is 0. The highest BCUT2D eigenvalue weighted by Gasteiger charge is 2.48. The van der Waals surface area contributed by atoms with Gasteiger partial charge in [-0.15, -0.1) is 0 Å². The molecule has 2 N–H and O–H groups in total. The molecule has 0 spiro atoms. The molecule has 0 bridgehead atoms. The van der Waals surface area contributed by atoms with Gasteiger partial charge in [0, 0.05) is 19.5 Å². The third-order valence-corrected chi connectivity index (χ3v) is 5.45. The molecular weight excluding hydrogens is 298 g/mol. The number of aromatic amines is 1. The Morgan fingerprint density at radius 2 is 1.88 bits per heavy atom. The Balaban J connectivity index is 1.65. The fraction of sp³-hybridized carbons (Fsp3) is 0.300. The second kappa shape index (κ2) is 5.02. The average Bonchev–Trinajstić information content (AvgIpc) is 3.43. The molecule has 3 aromatic rings. The molecule has 4 nitrogen and oxygen atoms in total. The van der Waals surface area contributed by atoms with E-state index in [-0.39, 0.29) is 11.0 Å². The molecule has 4 heteroatoms. The highest BCUT2D eigenvalue weighted by atomic mass is 16.1. The summed E-state index contributed by atoms with van der Waals surface area (Å²) in [6.07, 6.45) is 2.93. The van der Waals surface area contributed by atoms with E-state index < -0.39 is 0 Å². The van der Waals surface area contributed by atoms with Crippen LogP contribution in [0.3, 0.4) is 0 Å². The van der Waals surface area contributed by atoms with Gasteiger partial charge in [0.25, 0.3) is 5.56 Å². The Morgan fingerprint density at radius 3 is 2.71 bits per heavy atom. The molecule has 1 fully saturated rings. The van der Waals surface area contributed by atoms with Crippen LogP contribution >= 0.6 is 0 Å². The van der Waals surface area contributed by atoms with Crippen LogP contribution in [0, 0.1) is 0 Å². The Morgan fingerprint density at radius 1 is 1.04 bits per heavy atom. The molecule has 2 heterocycles. The van der Waals surface area contributed by atoms with Crippen LogP contribution in [0.25, 0.3) is 10.8 Å². The largest absolute Gasteiger partial charge is 0.312 e. The van der Waals surface area contributed by atoms with Crippen LogP contribution in [0.5, 0.6) is 0 Å². The number of rotatable bonds is 2. The summed E-state index contributed by atoms with van der Waals surface area (Å²) in [5, 5.41) is 5.73. The fourth-order valence-corrected chi connectivity index (χ4v) is 3.85. The minimum atomic E-state index is -0.108. The molecule has 2 aliphatic rings. The van der Waals surface area contributed by atoms with Gasteiger partial charge in [0.2, 0.25) is 0 Å². The van der Waals surface area contributed by atoms with Crippen LogP contribution in [0.4, 0.5) is 0 Å². The van der Waals surface area contributed by atoms with Gasteiger partial charge in [-0.3, -0.25) is 4.79 Å².